The number of pyridine rings is 1. The van der Waals surface area contributed by atoms with Gasteiger partial charge < -0.3 is 24.3 Å². The summed E-state index contributed by atoms with van der Waals surface area (Å²) in [5.74, 6) is 0.173. The van der Waals surface area contributed by atoms with Gasteiger partial charge in [0.2, 0.25) is 0 Å². The van der Waals surface area contributed by atoms with E-state index in [9.17, 15) is 23.1 Å². The van der Waals surface area contributed by atoms with Gasteiger partial charge in [-0.15, -0.1) is 0 Å². The molecule has 2 aromatic heterocycles. The van der Waals surface area contributed by atoms with Crippen molar-refractivity contribution in [3.8, 4) is 34.1 Å². The number of ether oxygens (including phenoxy) is 3. The molecule has 0 amide bonds. The standard InChI is InChI=1S/C27H34F3N3O5Si/c1-26(2,25(34)35)16-38-18-8-9-19(22(13-18)36-3)20-10-7-17(14-31-20)24-32-15-21(33-24)23(27(28,29)30)37-11-12-39(4,5)6/h7-10,13-15,23H,11-12,16H2,1-6H3,(H,32,33)(H,34,35). The van der Waals surface area contributed by atoms with Gasteiger partial charge in [0.15, 0.2) is 6.10 Å². The molecule has 1 unspecified atom stereocenters. The van der Waals surface area contributed by atoms with Gasteiger partial charge in [-0.3, -0.25) is 9.78 Å². The van der Waals surface area contributed by atoms with Gasteiger partial charge in [-0.1, -0.05) is 19.6 Å². The Morgan fingerprint density at radius 3 is 2.38 bits per heavy atom. The van der Waals surface area contributed by atoms with Crippen LogP contribution in [0.25, 0.3) is 22.6 Å². The summed E-state index contributed by atoms with van der Waals surface area (Å²) < 4.78 is 57.5. The number of nitrogens with one attached hydrogen (secondary N) is 1. The number of aromatic nitrogens is 3. The zero-order chi connectivity index (χ0) is 29.0. The fourth-order valence-electron chi connectivity index (χ4n) is 3.45. The van der Waals surface area contributed by atoms with Crippen molar-refractivity contribution in [1.82, 2.24) is 15.0 Å². The molecule has 0 aliphatic carbocycles. The lowest BCUT2D eigenvalue weighted by molar-refractivity contribution is -0.223. The molecule has 0 bridgehead atoms. The van der Waals surface area contributed by atoms with Crippen molar-refractivity contribution in [2.24, 2.45) is 5.41 Å². The van der Waals surface area contributed by atoms with Crippen LogP contribution in [-0.4, -0.2) is 60.6 Å². The summed E-state index contributed by atoms with van der Waals surface area (Å²) in [6.45, 7) is 9.35. The van der Waals surface area contributed by atoms with Crippen molar-refractivity contribution in [3.63, 3.8) is 0 Å². The van der Waals surface area contributed by atoms with Crippen LogP contribution in [0.4, 0.5) is 13.2 Å². The third-order valence-electron chi connectivity index (χ3n) is 5.98. The maximum Gasteiger partial charge on any atom is 0.420 e. The van der Waals surface area contributed by atoms with Crippen LogP contribution in [0.5, 0.6) is 11.5 Å². The highest BCUT2D eigenvalue weighted by Gasteiger charge is 2.43. The fourth-order valence-corrected chi connectivity index (χ4v) is 4.18. The highest BCUT2D eigenvalue weighted by atomic mass is 28.3. The van der Waals surface area contributed by atoms with Crippen LogP contribution in [0.3, 0.4) is 0 Å². The van der Waals surface area contributed by atoms with Gasteiger partial charge in [-0.2, -0.15) is 13.2 Å². The minimum Gasteiger partial charge on any atom is -0.496 e. The van der Waals surface area contributed by atoms with Gasteiger partial charge in [0.25, 0.3) is 0 Å². The monoisotopic (exact) mass is 565 g/mol. The number of aliphatic carboxylic acids is 1. The molecular weight excluding hydrogens is 531 g/mol. The predicted octanol–water partition coefficient (Wildman–Crippen LogP) is 6.60. The number of methoxy groups -OCH3 is 1. The number of hydrogen-bond donors (Lipinski definition) is 2. The van der Waals surface area contributed by atoms with Crippen molar-refractivity contribution in [3.05, 3.63) is 48.4 Å². The summed E-state index contributed by atoms with van der Waals surface area (Å²) >= 11 is 0. The number of alkyl halides is 3. The lowest BCUT2D eigenvalue weighted by atomic mass is 9.95. The van der Waals surface area contributed by atoms with E-state index in [-0.39, 0.29) is 24.7 Å². The number of carboxylic acid groups (broad SMARTS) is 1. The van der Waals surface area contributed by atoms with Crippen LogP contribution in [0, 0.1) is 5.41 Å². The topological polar surface area (TPSA) is 107 Å². The molecule has 0 aliphatic heterocycles. The van der Waals surface area contributed by atoms with Crippen LogP contribution >= 0.6 is 0 Å². The number of H-pyrrole nitrogens is 1. The van der Waals surface area contributed by atoms with Crippen LogP contribution in [0.2, 0.25) is 25.7 Å². The molecule has 1 aromatic carbocycles. The second-order valence-electron chi connectivity index (χ2n) is 11.1. The van der Waals surface area contributed by atoms with Crippen molar-refractivity contribution in [1.29, 1.82) is 0 Å². The van der Waals surface area contributed by atoms with E-state index in [0.717, 1.165) is 6.20 Å². The minimum atomic E-state index is -4.58. The van der Waals surface area contributed by atoms with E-state index < -0.39 is 31.7 Å². The Bertz CT molecular complexity index is 1270. The van der Waals surface area contributed by atoms with E-state index in [1.54, 1.807) is 44.2 Å². The molecular formula is C27H34F3N3O5Si. The first-order valence-corrected chi connectivity index (χ1v) is 16.1. The summed E-state index contributed by atoms with van der Waals surface area (Å²) in [5.41, 5.74) is 0.489. The maximum atomic E-state index is 13.7. The molecule has 212 valence electrons. The van der Waals surface area contributed by atoms with Gasteiger partial charge in [-0.25, -0.2) is 4.98 Å². The highest BCUT2D eigenvalue weighted by molar-refractivity contribution is 6.76. The molecule has 12 heteroatoms. The summed E-state index contributed by atoms with van der Waals surface area (Å²) in [4.78, 5) is 22.6. The second-order valence-corrected chi connectivity index (χ2v) is 16.7. The van der Waals surface area contributed by atoms with Crippen LogP contribution in [-0.2, 0) is 9.53 Å². The second kappa shape index (κ2) is 11.8. The molecule has 0 fully saturated rings. The average Bonchev–Trinajstić information content (AvgIpc) is 3.33. The number of carbonyl (C=O) groups is 1. The smallest absolute Gasteiger partial charge is 0.420 e. The third-order valence-corrected chi connectivity index (χ3v) is 7.68. The molecule has 39 heavy (non-hydrogen) atoms. The molecule has 0 aliphatic rings. The van der Waals surface area contributed by atoms with E-state index in [1.165, 1.54) is 13.3 Å². The van der Waals surface area contributed by atoms with Gasteiger partial charge in [0.05, 0.1) is 30.1 Å². The Morgan fingerprint density at radius 1 is 1.10 bits per heavy atom. The minimum absolute atomic E-state index is 0.0213. The van der Waals surface area contributed by atoms with Crippen molar-refractivity contribution >= 4 is 14.0 Å². The maximum absolute atomic E-state index is 13.7. The zero-order valence-corrected chi connectivity index (χ0v) is 23.8. The molecule has 0 radical (unpaired) electrons. The largest absolute Gasteiger partial charge is 0.496 e. The molecule has 8 nitrogen and oxygen atoms in total. The number of rotatable bonds is 12. The van der Waals surface area contributed by atoms with Gasteiger partial charge in [0, 0.05) is 38.1 Å². The molecule has 0 saturated carbocycles. The number of benzene rings is 1. The molecule has 0 saturated heterocycles. The molecule has 3 rings (SSSR count). The molecule has 3 aromatic rings. The van der Waals surface area contributed by atoms with Crippen LogP contribution in [0.1, 0.15) is 25.6 Å². The van der Waals surface area contributed by atoms with Crippen LogP contribution in [0.15, 0.2) is 42.7 Å². The van der Waals surface area contributed by atoms with Crippen molar-refractivity contribution in [2.45, 2.75) is 51.8 Å². The van der Waals surface area contributed by atoms with Crippen LogP contribution < -0.4 is 9.47 Å². The van der Waals surface area contributed by atoms with Crippen molar-refractivity contribution < 1.29 is 37.3 Å². The first-order valence-electron chi connectivity index (χ1n) is 12.3. The number of aromatic amines is 1. The summed E-state index contributed by atoms with van der Waals surface area (Å²) in [6, 6.07) is 9.07. The average molecular weight is 566 g/mol. The van der Waals surface area contributed by atoms with E-state index in [0.29, 0.717) is 34.4 Å². The van der Waals surface area contributed by atoms with Crippen molar-refractivity contribution in [2.75, 3.05) is 20.3 Å². The number of hydrogen-bond acceptors (Lipinski definition) is 6. The molecule has 1 atom stereocenters. The number of carboxylic acids is 1. The van der Waals surface area contributed by atoms with E-state index in [4.69, 9.17) is 14.2 Å². The lowest BCUT2D eigenvalue weighted by Gasteiger charge is -2.22. The lowest BCUT2D eigenvalue weighted by Crippen LogP contribution is -2.30. The molecule has 2 heterocycles. The van der Waals surface area contributed by atoms with Gasteiger partial charge >= 0.3 is 12.1 Å². The van der Waals surface area contributed by atoms with E-state index in [2.05, 4.69) is 34.6 Å². The third kappa shape index (κ3) is 8.05. The predicted molar refractivity (Wildman–Crippen MR) is 144 cm³/mol. The summed E-state index contributed by atoms with van der Waals surface area (Å²) in [5, 5.41) is 9.27. The quantitative estimate of drug-likeness (QED) is 0.239. The molecule has 2 N–H and O–H groups in total. The highest BCUT2D eigenvalue weighted by Crippen LogP contribution is 2.37. The first kappa shape index (κ1) is 30.2. The Balaban J connectivity index is 1.77. The van der Waals surface area contributed by atoms with Gasteiger partial charge in [-0.05, 0) is 44.2 Å². The SMILES string of the molecule is COc1cc(OCC(C)(C)C(=O)O)ccc1-c1ccc(-c2ncc(C(OCC[Si](C)(C)C)C(F)(F)F)[nH]2)cn1. The fraction of sp³-hybridized carbons (Fsp3) is 0.444. The summed E-state index contributed by atoms with van der Waals surface area (Å²) in [7, 11) is -0.0636. The van der Waals surface area contributed by atoms with E-state index >= 15 is 0 Å². The zero-order valence-electron chi connectivity index (χ0n) is 22.8. The molecule has 0 spiro atoms. The Morgan fingerprint density at radius 2 is 1.82 bits per heavy atom. The number of imidazole rings is 1. The van der Waals surface area contributed by atoms with Gasteiger partial charge in [0.1, 0.15) is 23.9 Å². The Hall–Kier alpha value is -3.38. The number of nitrogens with zero attached hydrogens (tertiary/aromatic N) is 2. The Labute approximate surface area is 226 Å². The summed E-state index contributed by atoms with van der Waals surface area (Å²) in [6.07, 6.45) is -4.02. The number of halogens is 3. The normalized spacial score (nSPS) is 13.3. The van der Waals surface area contributed by atoms with E-state index in [1.807, 2.05) is 0 Å². The Kier molecular flexibility index (Phi) is 9.11. The first-order chi connectivity index (χ1) is 18.1.